The Balaban J connectivity index is 1.60. The quantitative estimate of drug-likeness (QED) is 0.227. The molecule has 8 aromatic rings. The largest absolute Gasteiger partial charge is 0.454 e. The molecule has 0 spiro atoms. The molecule has 0 atom stereocenters. The summed E-state index contributed by atoms with van der Waals surface area (Å²) in [5, 5.41) is 7.24. The number of aromatic nitrogens is 2. The zero-order chi connectivity index (χ0) is 25.4. The molecule has 3 aromatic heterocycles. The third-order valence-corrected chi connectivity index (χ3v) is 7.86. The van der Waals surface area contributed by atoms with Gasteiger partial charge in [-0.25, -0.2) is 0 Å². The van der Waals surface area contributed by atoms with Gasteiger partial charge in [-0.05, 0) is 49.4 Å². The number of benzene rings is 5. The summed E-state index contributed by atoms with van der Waals surface area (Å²) in [6.45, 7) is 6.17. The van der Waals surface area contributed by atoms with E-state index in [0.29, 0.717) is 0 Å². The first-order valence-electron chi connectivity index (χ1n) is 12.9. The summed E-state index contributed by atoms with van der Waals surface area (Å²) in [7, 11) is 0. The van der Waals surface area contributed by atoms with Crippen LogP contribution < -0.4 is 0 Å². The van der Waals surface area contributed by atoms with Gasteiger partial charge in [-0.1, -0.05) is 79.4 Å². The summed E-state index contributed by atoms with van der Waals surface area (Å²) in [5.74, 6) is 0. The standard InChI is InChI=1S/C35H24N2O/c1-3-22(4-2)36-27-16-8-5-13-25(27)33-29(36)20-21-30-34(33)26-14-6-9-17-28(26)37(30)31-18-11-15-24-23-12-7-10-19-32(23)38-35(24)31/h3-21H,1H2,2H3/b22-4+. The monoisotopic (exact) mass is 488 g/mol. The third kappa shape index (κ3) is 2.63. The highest BCUT2D eigenvalue weighted by Gasteiger charge is 2.22. The van der Waals surface area contributed by atoms with Gasteiger partial charge in [0.1, 0.15) is 5.58 Å². The van der Waals surface area contributed by atoms with Crippen molar-refractivity contribution >= 4 is 71.2 Å². The lowest BCUT2D eigenvalue weighted by Crippen LogP contribution is -1.95. The number of hydrogen-bond donors (Lipinski definition) is 0. The fourth-order valence-corrected chi connectivity index (χ4v) is 6.30. The average molecular weight is 489 g/mol. The van der Waals surface area contributed by atoms with Crippen molar-refractivity contribution in [3.8, 4) is 5.69 Å². The first kappa shape index (κ1) is 21.1. The fourth-order valence-electron chi connectivity index (χ4n) is 6.30. The maximum atomic E-state index is 6.48. The predicted molar refractivity (Wildman–Crippen MR) is 161 cm³/mol. The van der Waals surface area contributed by atoms with E-state index in [1.54, 1.807) is 0 Å². The molecule has 5 aromatic carbocycles. The van der Waals surface area contributed by atoms with E-state index >= 15 is 0 Å². The van der Waals surface area contributed by atoms with Gasteiger partial charge in [0.25, 0.3) is 0 Å². The second-order valence-electron chi connectivity index (χ2n) is 9.73. The van der Waals surface area contributed by atoms with E-state index in [0.717, 1.165) is 44.4 Å². The highest BCUT2D eigenvalue weighted by atomic mass is 16.3. The summed E-state index contributed by atoms with van der Waals surface area (Å²) in [6.07, 6.45) is 4.05. The topological polar surface area (TPSA) is 23.0 Å². The van der Waals surface area contributed by atoms with Gasteiger partial charge in [-0.3, -0.25) is 0 Å². The Morgan fingerprint density at radius 3 is 2.05 bits per heavy atom. The van der Waals surface area contributed by atoms with E-state index in [1.807, 2.05) is 18.2 Å². The van der Waals surface area contributed by atoms with Gasteiger partial charge in [0.05, 0.1) is 27.8 Å². The summed E-state index contributed by atoms with van der Waals surface area (Å²) in [4.78, 5) is 0. The lowest BCUT2D eigenvalue weighted by Gasteiger charge is -2.10. The second-order valence-corrected chi connectivity index (χ2v) is 9.73. The molecule has 8 rings (SSSR count). The summed E-state index contributed by atoms with van der Waals surface area (Å²) < 4.78 is 11.2. The number of fused-ring (bicyclic) bond motifs is 10. The minimum absolute atomic E-state index is 0.904. The molecular formula is C35H24N2O. The van der Waals surface area contributed by atoms with Crippen LogP contribution in [0.4, 0.5) is 0 Å². The van der Waals surface area contributed by atoms with Crippen LogP contribution in [0.2, 0.25) is 0 Å². The van der Waals surface area contributed by atoms with Gasteiger partial charge < -0.3 is 13.6 Å². The van der Waals surface area contributed by atoms with Crippen molar-refractivity contribution in [1.82, 2.24) is 9.13 Å². The Kier molecular flexibility index (Phi) is 4.30. The van der Waals surface area contributed by atoms with Crippen molar-refractivity contribution in [2.75, 3.05) is 0 Å². The molecule has 0 saturated carbocycles. The molecule has 3 heteroatoms. The van der Waals surface area contributed by atoms with Crippen LogP contribution in [0.5, 0.6) is 0 Å². The number of allylic oxidation sites excluding steroid dienone is 3. The van der Waals surface area contributed by atoms with Crippen molar-refractivity contribution in [2.45, 2.75) is 6.92 Å². The van der Waals surface area contributed by atoms with Gasteiger partial charge in [-0.15, -0.1) is 0 Å². The molecule has 0 amide bonds. The van der Waals surface area contributed by atoms with E-state index in [9.17, 15) is 0 Å². The maximum Gasteiger partial charge on any atom is 0.159 e. The number of hydrogen-bond acceptors (Lipinski definition) is 1. The molecule has 38 heavy (non-hydrogen) atoms. The van der Waals surface area contributed by atoms with Gasteiger partial charge in [0.2, 0.25) is 0 Å². The van der Waals surface area contributed by atoms with Crippen molar-refractivity contribution in [1.29, 1.82) is 0 Å². The van der Waals surface area contributed by atoms with Crippen LogP contribution in [0.15, 0.2) is 126 Å². The van der Waals surface area contributed by atoms with Crippen molar-refractivity contribution in [3.05, 3.63) is 122 Å². The minimum atomic E-state index is 0.904. The second kappa shape index (κ2) is 7.74. The zero-order valence-corrected chi connectivity index (χ0v) is 21.0. The van der Waals surface area contributed by atoms with Gasteiger partial charge in [0.15, 0.2) is 5.58 Å². The maximum absolute atomic E-state index is 6.48. The molecule has 0 aliphatic rings. The molecule has 0 N–H and O–H groups in total. The molecular weight excluding hydrogens is 464 g/mol. The van der Waals surface area contributed by atoms with Crippen molar-refractivity contribution in [3.63, 3.8) is 0 Å². The molecule has 3 nitrogen and oxygen atoms in total. The SMILES string of the molecule is C=C/C(=C\C)n1c2ccccc2c2c3c4ccccc4n(-c4cccc5c4oc4ccccc45)c3ccc21. The lowest BCUT2D eigenvalue weighted by molar-refractivity contribution is 0.666. The third-order valence-electron chi connectivity index (χ3n) is 7.86. The van der Waals surface area contributed by atoms with Crippen LogP contribution in [0, 0.1) is 0 Å². The molecule has 0 aliphatic carbocycles. The number of nitrogens with zero attached hydrogens (tertiary/aromatic N) is 2. The Morgan fingerprint density at radius 2 is 1.26 bits per heavy atom. The van der Waals surface area contributed by atoms with E-state index in [1.165, 1.54) is 32.6 Å². The van der Waals surface area contributed by atoms with Gasteiger partial charge in [-0.2, -0.15) is 0 Å². The molecule has 180 valence electrons. The Labute approximate surface area is 219 Å². The first-order valence-corrected chi connectivity index (χ1v) is 12.9. The molecule has 0 saturated heterocycles. The number of furan rings is 1. The molecule has 0 aliphatic heterocycles. The van der Waals surface area contributed by atoms with E-state index in [-0.39, 0.29) is 0 Å². The van der Waals surface area contributed by atoms with Crippen LogP contribution in [0.1, 0.15) is 6.92 Å². The van der Waals surface area contributed by atoms with E-state index in [2.05, 4.69) is 120 Å². The van der Waals surface area contributed by atoms with Crippen LogP contribution in [0.25, 0.3) is 76.9 Å². The molecule has 0 fully saturated rings. The highest BCUT2D eigenvalue weighted by molar-refractivity contribution is 6.29. The zero-order valence-electron chi connectivity index (χ0n) is 21.0. The highest BCUT2D eigenvalue weighted by Crippen LogP contribution is 2.43. The average Bonchev–Trinajstić information content (AvgIpc) is 3.62. The van der Waals surface area contributed by atoms with Crippen molar-refractivity contribution < 1.29 is 4.42 Å². The summed E-state index contributed by atoms with van der Waals surface area (Å²) >= 11 is 0. The van der Waals surface area contributed by atoms with Crippen LogP contribution >= 0.6 is 0 Å². The van der Waals surface area contributed by atoms with Crippen LogP contribution in [0.3, 0.4) is 0 Å². The van der Waals surface area contributed by atoms with E-state index < -0.39 is 0 Å². The Hall–Kier alpha value is -5.02. The molecule has 0 bridgehead atoms. The van der Waals surface area contributed by atoms with Crippen molar-refractivity contribution in [2.24, 2.45) is 0 Å². The minimum Gasteiger partial charge on any atom is -0.454 e. The Bertz CT molecular complexity index is 2270. The molecule has 3 heterocycles. The molecule has 0 unspecified atom stereocenters. The number of para-hydroxylation sites is 4. The predicted octanol–water partition coefficient (Wildman–Crippen LogP) is 9.84. The first-order chi connectivity index (χ1) is 18.8. The molecule has 0 radical (unpaired) electrons. The normalized spacial score (nSPS) is 12.6. The number of rotatable bonds is 3. The summed E-state index contributed by atoms with van der Waals surface area (Å²) in [6, 6.07) is 36.6. The Morgan fingerprint density at radius 1 is 0.632 bits per heavy atom. The smallest absolute Gasteiger partial charge is 0.159 e. The fraction of sp³-hybridized carbons (Fsp3) is 0.0286. The van der Waals surface area contributed by atoms with Gasteiger partial charge in [0, 0.05) is 38.0 Å². The van der Waals surface area contributed by atoms with Gasteiger partial charge >= 0.3 is 0 Å². The lowest BCUT2D eigenvalue weighted by atomic mass is 10.1. The van der Waals surface area contributed by atoms with E-state index in [4.69, 9.17) is 4.42 Å². The van der Waals surface area contributed by atoms with Crippen LogP contribution in [-0.4, -0.2) is 9.13 Å². The summed E-state index contributed by atoms with van der Waals surface area (Å²) in [5.41, 5.74) is 8.62. The van der Waals surface area contributed by atoms with Crippen LogP contribution in [-0.2, 0) is 0 Å².